The highest BCUT2D eigenvalue weighted by Crippen LogP contribution is 2.36. The maximum atomic E-state index is 6.40. The van der Waals surface area contributed by atoms with Gasteiger partial charge in [-0.05, 0) is 26.2 Å². The summed E-state index contributed by atoms with van der Waals surface area (Å²) in [7, 11) is 0. The van der Waals surface area contributed by atoms with Crippen LogP contribution in [0.2, 0.25) is 0 Å². The van der Waals surface area contributed by atoms with Crippen molar-refractivity contribution in [1.29, 1.82) is 0 Å². The van der Waals surface area contributed by atoms with E-state index in [0.717, 1.165) is 19.3 Å². The third-order valence-electron chi connectivity index (χ3n) is 3.68. The second kappa shape index (κ2) is 3.97. The van der Waals surface area contributed by atoms with Gasteiger partial charge in [-0.15, -0.1) is 0 Å². The smallest absolute Gasteiger partial charge is 0.0334 e. The van der Waals surface area contributed by atoms with Gasteiger partial charge < -0.3 is 11.5 Å². The molecule has 0 aromatic heterocycles. The zero-order valence-electron chi connectivity index (χ0n) is 9.10. The van der Waals surface area contributed by atoms with Crippen molar-refractivity contribution in [1.82, 2.24) is 0 Å². The summed E-state index contributed by atoms with van der Waals surface area (Å²) < 4.78 is 0. The molecule has 0 aromatic carbocycles. The molecular weight excluding hydrogens is 160 g/mol. The summed E-state index contributed by atoms with van der Waals surface area (Å²) in [6.45, 7) is 4.34. The molecule has 1 rings (SSSR count). The van der Waals surface area contributed by atoms with E-state index < -0.39 is 0 Å². The summed E-state index contributed by atoms with van der Waals surface area (Å²) in [6, 6.07) is 0. The molecule has 0 radical (unpaired) electrons. The summed E-state index contributed by atoms with van der Waals surface area (Å²) in [5, 5.41) is 0. The minimum absolute atomic E-state index is 0.0960. The Morgan fingerprint density at radius 2 is 1.77 bits per heavy atom. The van der Waals surface area contributed by atoms with Crippen LogP contribution >= 0.6 is 0 Å². The lowest BCUT2D eigenvalue weighted by atomic mass is 9.67. The summed E-state index contributed by atoms with van der Waals surface area (Å²) in [5.41, 5.74) is 12.4. The number of unbranched alkanes of at least 4 members (excludes halogenated alkanes) is 1. The van der Waals surface area contributed by atoms with Crippen LogP contribution in [0.1, 0.15) is 58.8 Å². The molecule has 4 N–H and O–H groups in total. The Morgan fingerprint density at radius 3 is 2.31 bits per heavy atom. The van der Waals surface area contributed by atoms with Crippen molar-refractivity contribution >= 4 is 0 Å². The van der Waals surface area contributed by atoms with Gasteiger partial charge in [-0.3, -0.25) is 0 Å². The first kappa shape index (κ1) is 11.0. The molecule has 1 aliphatic carbocycles. The highest BCUT2D eigenvalue weighted by molar-refractivity contribution is 5.06. The molecule has 0 bridgehead atoms. The minimum Gasteiger partial charge on any atom is -0.324 e. The molecular formula is C11H24N2. The van der Waals surface area contributed by atoms with Gasteiger partial charge in [0.15, 0.2) is 0 Å². The average molecular weight is 184 g/mol. The predicted molar refractivity (Wildman–Crippen MR) is 57.5 cm³/mol. The van der Waals surface area contributed by atoms with Gasteiger partial charge in [0.2, 0.25) is 0 Å². The lowest BCUT2D eigenvalue weighted by molar-refractivity contribution is 0.150. The van der Waals surface area contributed by atoms with Crippen molar-refractivity contribution < 1.29 is 0 Å². The van der Waals surface area contributed by atoms with Crippen molar-refractivity contribution in [2.24, 2.45) is 11.5 Å². The van der Waals surface area contributed by atoms with Crippen molar-refractivity contribution in [3.8, 4) is 0 Å². The first-order valence-electron chi connectivity index (χ1n) is 5.60. The lowest BCUT2D eigenvalue weighted by Gasteiger charge is -2.47. The van der Waals surface area contributed by atoms with Gasteiger partial charge in [0.1, 0.15) is 0 Å². The number of rotatable bonds is 3. The van der Waals surface area contributed by atoms with E-state index in [1.807, 2.05) is 0 Å². The molecule has 0 aromatic rings. The van der Waals surface area contributed by atoms with Crippen LogP contribution in [0.5, 0.6) is 0 Å². The van der Waals surface area contributed by atoms with Crippen LogP contribution in [0, 0.1) is 0 Å². The van der Waals surface area contributed by atoms with Crippen LogP contribution in [0.15, 0.2) is 0 Å². The second-order valence-electron chi connectivity index (χ2n) is 4.88. The standard InChI is InChI=1S/C11H24N2/c1-3-4-8-11(13)9-6-5-7-10(11,2)12/h3-9,12-13H2,1-2H3. The third-order valence-corrected chi connectivity index (χ3v) is 3.68. The molecule has 2 atom stereocenters. The summed E-state index contributed by atoms with van der Waals surface area (Å²) in [4.78, 5) is 0. The van der Waals surface area contributed by atoms with E-state index in [1.54, 1.807) is 0 Å². The topological polar surface area (TPSA) is 52.0 Å². The maximum absolute atomic E-state index is 6.40. The zero-order valence-corrected chi connectivity index (χ0v) is 9.10. The highest BCUT2D eigenvalue weighted by Gasteiger charge is 2.43. The lowest BCUT2D eigenvalue weighted by Crippen LogP contribution is -2.65. The molecule has 0 heterocycles. The maximum Gasteiger partial charge on any atom is 0.0334 e. The molecule has 1 aliphatic rings. The van der Waals surface area contributed by atoms with Gasteiger partial charge in [0, 0.05) is 11.1 Å². The third kappa shape index (κ3) is 2.23. The van der Waals surface area contributed by atoms with E-state index in [9.17, 15) is 0 Å². The van der Waals surface area contributed by atoms with E-state index >= 15 is 0 Å². The van der Waals surface area contributed by atoms with Crippen LogP contribution in [0.3, 0.4) is 0 Å². The van der Waals surface area contributed by atoms with Crippen molar-refractivity contribution in [2.45, 2.75) is 69.9 Å². The van der Waals surface area contributed by atoms with E-state index in [-0.39, 0.29) is 11.1 Å². The van der Waals surface area contributed by atoms with Crippen LogP contribution in [0.25, 0.3) is 0 Å². The SMILES string of the molecule is CCCCC1(N)CCCCC1(C)N. The Balaban J connectivity index is 2.60. The fourth-order valence-electron chi connectivity index (χ4n) is 2.37. The molecule has 0 amide bonds. The number of nitrogens with two attached hydrogens (primary N) is 2. The predicted octanol–water partition coefficient (Wildman–Crippen LogP) is 2.17. The van der Waals surface area contributed by atoms with Crippen LogP contribution in [-0.2, 0) is 0 Å². The fraction of sp³-hybridized carbons (Fsp3) is 1.00. The van der Waals surface area contributed by atoms with Gasteiger partial charge in [-0.25, -0.2) is 0 Å². The largest absolute Gasteiger partial charge is 0.324 e. The Labute approximate surface area is 82.1 Å². The van der Waals surface area contributed by atoms with Gasteiger partial charge in [0.25, 0.3) is 0 Å². The van der Waals surface area contributed by atoms with Crippen molar-refractivity contribution in [3.63, 3.8) is 0 Å². The first-order valence-corrected chi connectivity index (χ1v) is 5.60. The molecule has 0 aliphatic heterocycles. The highest BCUT2D eigenvalue weighted by atomic mass is 14.9. The quantitative estimate of drug-likeness (QED) is 0.706. The van der Waals surface area contributed by atoms with Crippen LogP contribution < -0.4 is 11.5 Å². The Hall–Kier alpha value is -0.0800. The van der Waals surface area contributed by atoms with Gasteiger partial charge in [-0.2, -0.15) is 0 Å². The van der Waals surface area contributed by atoms with E-state index in [1.165, 1.54) is 25.7 Å². The molecule has 13 heavy (non-hydrogen) atoms. The molecule has 1 fully saturated rings. The molecule has 2 heteroatoms. The molecule has 2 unspecified atom stereocenters. The monoisotopic (exact) mass is 184 g/mol. The number of hydrogen-bond acceptors (Lipinski definition) is 2. The zero-order chi connectivity index (χ0) is 9.95. The first-order chi connectivity index (χ1) is 6.02. The average Bonchev–Trinajstić information content (AvgIpc) is 2.07. The van der Waals surface area contributed by atoms with Crippen molar-refractivity contribution in [3.05, 3.63) is 0 Å². The fourth-order valence-corrected chi connectivity index (χ4v) is 2.37. The Kier molecular flexibility index (Phi) is 3.36. The normalized spacial score (nSPS) is 40.6. The molecule has 78 valence electrons. The second-order valence-corrected chi connectivity index (χ2v) is 4.88. The van der Waals surface area contributed by atoms with Crippen LogP contribution in [-0.4, -0.2) is 11.1 Å². The molecule has 1 saturated carbocycles. The van der Waals surface area contributed by atoms with E-state index in [2.05, 4.69) is 13.8 Å². The Bertz CT molecular complexity index is 165. The Morgan fingerprint density at radius 1 is 1.15 bits per heavy atom. The summed E-state index contributed by atoms with van der Waals surface area (Å²) in [6.07, 6.45) is 8.23. The minimum atomic E-state index is -0.138. The van der Waals surface area contributed by atoms with E-state index in [4.69, 9.17) is 11.5 Å². The van der Waals surface area contributed by atoms with E-state index in [0.29, 0.717) is 0 Å². The van der Waals surface area contributed by atoms with Gasteiger partial charge >= 0.3 is 0 Å². The van der Waals surface area contributed by atoms with Crippen molar-refractivity contribution in [2.75, 3.05) is 0 Å². The molecule has 0 spiro atoms. The molecule has 0 saturated heterocycles. The molecule has 2 nitrogen and oxygen atoms in total. The van der Waals surface area contributed by atoms with Gasteiger partial charge in [0.05, 0.1) is 0 Å². The summed E-state index contributed by atoms with van der Waals surface area (Å²) in [5.74, 6) is 0. The number of hydrogen-bond donors (Lipinski definition) is 2. The van der Waals surface area contributed by atoms with Crippen LogP contribution in [0.4, 0.5) is 0 Å². The summed E-state index contributed by atoms with van der Waals surface area (Å²) >= 11 is 0. The van der Waals surface area contributed by atoms with Gasteiger partial charge in [-0.1, -0.05) is 32.6 Å².